The van der Waals surface area contributed by atoms with Gasteiger partial charge in [-0.25, -0.2) is 9.59 Å². The zero-order valence-corrected chi connectivity index (χ0v) is 19.9. The highest BCUT2D eigenvalue weighted by atomic mass is 32.2. The summed E-state index contributed by atoms with van der Waals surface area (Å²) in [7, 11) is 0. The van der Waals surface area contributed by atoms with E-state index < -0.39 is 28.5 Å². The highest BCUT2D eigenvalue weighted by molar-refractivity contribution is 7.98. The highest BCUT2D eigenvalue weighted by Gasteiger charge is 2.24. The average molecular weight is 497 g/mol. The van der Waals surface area contributed by atoms with Gasteiger partial charge in [0.15, 0.2) is 0 Å². The minimum atomic E-state index is -0.954. The summed E-state index contributed by atoms with van der Waals surface area (Å²) in [5.41, 5.74) is 2.68. The number of benzene rings is 2. The van der Waals surface area contributed by atoms with Crippen molar-refractivity contribution in [3.63, 3.8) is 0 Å². The maximum Gasteiger partial charge on any atom is 0.336 e. The van der Waals surface area contributed by atoms with Crippen LogP contribution in [0.1, 0.15) is 39.9 Å². The van der Waals surface area contributed by atoms with E-state index >= 15 is 0 Å². The molecule has 3 aromatic rings. The van der Waals surface area contributed by atoms with Gasteiger partial charge in [-0.15, -0.1) is 0 Å². The van der Waals surface area contributed by atoms with Crippen molar-refractivity contribution in [3.05, 3.63) is 85.3 Å². The van der Waals surface area contributed by atoms with Gasteiger partial charge in [0.2, 0.25) is 0 Å². The van der Waals surface area contributed by atoms with Gasteiger partial charge in [0, 0.05) is 34.7 Å². The van der Waals surface area contributed by atoms with Gasteiger partial charge >= 0.3 is 11.6 Å². The number of esters is 1. The van der Waals surface area contributed by atoms with E-state index in [2.05, 4.69) is 5.32 Å². The van der Waals surface area contributed by atoms with Crippen molar-refractivity contribution in [2.24, 2.45) is 0 Å². The van der Waals surface area contributed by atoms with Crippen molar-refractivity contribution in [1.29, 1.82) is 0 Å². The molecule has 0 radical (unpaired) electrons. The molecule has 35 heavy (non-hydrogen) atoms. The molecule has 0 fully saturated rings. The van der Waals surface area contributed by atoms with E-state index in [4.69, 9.17) is 9.15 Å². The fraction of sp³-hybridized carbons (Fsp3) is 0.320. The van der Waals surface area contributed by atoms with Crippen LogP contribution in [0.15, 0.2) is 51.7 Å². The van der Waals surface area contributed by atoms with Crippen LogP contribution < -0.4 is 10.9 Å². The molecule has 0 saturated carbocycles. The molecule has 1 amide bonds. The lowest BCUT2D eigenvalue weighted by Crippen LogP contribution is -2.42. The van der Waals surface area contributed by atoms with Crippen molar-refractivity contribution < 1.29 is 23.7 Å². The Morgan fingerprint density at radius 1 is 1.20 bits per heavy atom. The quantitative estimate of drug-likeness (QED) is 0.205. The molecule has 1 aliphatic carbocycles. The molecule has 0 bridgehead atoms. The fourth-order valence-corrected chi connectivity index (χ4v) is 4.62. The summed E-state index contributed by atoms with van der Waals surface area (Å²) in [5, 5.41) is 14.4. The van der Waals surface area contributed by atoms with Crippen molar-refractivity contribution in [1.82, 2.24) is 5.32 Å². The van der Waals surface area contributed by atoms with Crippen LogP contribution in [0, 0.1) is 10.1 Å². The first-order valence-electron chi connectivity index (χ1n) is 11.1. The van der Waals surface area contributed by atoms with E-state index in [9.17, 15) is 24.5 Å². The number of nitrogens with zero attached hydrogens (tertiary/aromatic N) is 1. The maximum absolute atomic E-state index is 12.9. The number of hydrogen-bond donors (Lipinski definition) is 1. The molecule has 1 aromatic heterocycles. The number of ether oxygens (including phenoxy) is 1. The van der Waals surface area contributed by atoms with Gasteiger partial charge in [0.25, 0.3) is 11.6 Å². The van der Waals surface area contributed by atoms with Gasteiger partial charge in [0.1, 0.15) is 18.2 Å². The Hall–Kier alpha value is -3.66. The number of thioether (sulfide) groups is 1. The molecule has 1 N–H and O–H groups in total. The fourth-order valence-electron chi connectivity index (χ4n) is 4.15. The second-order valence-electron chi connectivity index (χ2n) is 8.28. The van der Waals surface area contributed by atoms with Gasteiger partial charge in [-0.2, -0.15) is 11.8 Å². The lowest BCUT2D eigenvalue weighted by Gasteiger charge is -2.18. The molecule has 1 aliphatic rings. The van der Waals surface area contributed by atoms with Gasteiger partial charge in [-0.1, -0.05) is 6.07 Å². The summed E-state index contributed by atoms with van der Waals surface area (Å²) >= 11 is 1.50. The van der Waals surface area contributed by atoms with Crippen molar-refractivity contribution in [2.75, 3.05) is 12.0 Å². The number of carbonyl (C=O) groups excluding carboxylic acids is 2. The number of nitro groups is 1. The predicted molar refractivity (Wildman–Crippen MR) is 132 cm³/mol. The Bertz CT molecular complexity index is 1350. The van der Waals surface area contributed by atoms with Crippen LogP contribution in [-0.4, -0.2) is 34.9 Å². The molecule has 10 heteroatoms. The molecule has 1 unspecified atom stereocenters. The zero-order chi connectivity index (χ0) is 24.9. The molecular weight excluding hydrogens is 472 g/mol. The Morgan fingerprint density at radius 3 is 2.71 bits per heavy atom. The molecule has 4 rings (SSSR count). The number of carbonyl (C=O) groups is 2. The van der Waals surface area contributed by atoms with Crippen LogP contribution >= 0.6 is 11.8 Å². The SMILES string of the molecule is CSCCC(NC(=O)c1cccc([N+](=O)[O-])c1)C(=O)OCc1cc(=O)oc2cc3c(cc12)CCC3. The summed E-state index contributed by atoms with van der Waals surface area (Å²) in [6, 6.07) is 9.51. The van der Waals surface area contributed by atoms with E-state index in [0.29, 0.717) is 23.3 Å². The molecule has 182 valence electrons. The second-order valence-corrected chi connectivity index (χ2v) is 9.27. The lowest BCUT2D eigenvalue weighted by atomic mass is 10.0. The van der Waals surface area contributed by atoms with Crippen LogP contribution in [0.3, 0.4) is 0 Å². The zero-order valence-electron chi connectivity index (χ0n) is 19.1. The first-order chi connectivity index (χ1) is 16.9. The van der Waals surface area contributed by atoms with E-state index in [1.54, 1.807) is 0 Å². The molecule has 9 nitrogen and oxygen atoms in total. The Morgan fingerprint density at radius 2 is 1.97 bits per heavy atom. The van der Waals surface area contributed by atoms with E-state index in [-0.39, 0.29) is 17.9 Å². The monoisotopic (exact) mass is 496 g/mol. The van der Waals surface area contributed by atoms with Gasteiger partial charge in [-0.3, -0.25) is 14.9 Å². The van der Waals surface area contributed by atoms with Crippen LogP contribution in [0.25, 0.3) is 11.0 Å². The number of rotatable bonds is 9. The Balaban J connectivity index is 1.51. The third-order valence-electron chi connectivity index (χ3n) is 5.93. The smallest absolute Gasteiger partial charge is 0.336 e. The summed E-state index contributed by atoms with van der Waals surface area (Å²) < 4.78 is 10.9. The lowest BCUT2D eigenvalue weighted by molar-refractivity contribution is -0.384. The minimum absolute atomic E-state index is 0.0710. The van der Waals surface area contributed by atoms with Crippen LogP contribution in [0.5, 0.6) is 0 Å². The topological polar surface area (TPSA) is 129 Å². The standard InChI is InChI=1S/C25H24N2O7S/c1-35-9-8-21(26-24(29)17-6-3-7-19(10-17)27(31)32)25(30)33-14-18-13-23(28)34-22-12-16-5-2-4-15(16)11-20(18)22/h3,6-7,10-13,21H,2,4-5,8-9,14H2,1H3,(H,26,29). The van der Waals surface area contributed by atoms with Crippen LogP contribution in [-0.2, 0) is 29.0 Å². The predicted octanol–water partition coefficient (Wildman–Crippen LogP) is 3.78. The molecule has 1 atom stereocenters. The first-order valence-corrected chi connectivity index (χ1v) is 12.5. The number of amides is 1. The van der Waals surface area contributed by atoms with E-state index in [1.165, 1.54) is 41.6 Å². The Labute approximate surface area is 205 Å². The number of hydrogen-bond acceptors (Lipinski definition) is 8. The van der Waals surface area contributed by atoms with Crippen LogP contribution in [0.4, 0.5) is 5.69 Å². The molecule has 0 saturated heterocycles. The van der Waals surface area contributed by atoms with Crippen molar-refractivity contribution >= 4 is 40.3 Å². The number of non-ortho nitro benzene ring substituents is 1. The summed E-state index contributed by atoms with van der Waals surface area (Å²) in [4.78, 5) is 48.1. The molecular formula is C25H24N2O7S. The molecule has 2 aromatic carbocycles. The average Bonchev–Trinajstić information content (AvgIpc) is 3.30. The minimum Gasteiger partial charge on any atom is -0.459 e. The van der Waals surface area contributed by atoms with Gasteiger partial charge < -0.3 is 14.5 Å². The largest absolute Gasteiger partial charge is 0.459 e. The third-order valence-corrected chi connectivity index (χ3v) is 6.58. The Kier molecular flexibility index (Phi) is 7.50. The van der Waals surface area contributed by atoms with Gasteiger partial charge in [0.05, 0.1) is 4.92 Å². The van der Waals surface area contributed by atoms with Crippen molar-refractivity contribution in [2.45, 2.75) is 38.3 Å². The molecule has 0 spiro atoms. The van der Waals surface area contributed by atoms with Gasteiger partial charge in [-0.05, 0) is 67.0 Å². The first kappa shape index (κ1) is 24.5. The third kappa shape index (κ3) is 5.71. The summed E-state index contributed by atoms with van der Waals surface area (Å²) in [5.74, 6) is -0.683. The van der Waals surface area contributed by atoms with E-state index in [1.807, 2.05) is 18.4 Å². The summed E-state index contributed by atoms with van der Waals surface area (Å²) in [6.45, 7) is -0.151. The normalized spacial score (nSPS) is 13.3. The van der Waals surface area contributed by atoms with Crippen molar-refractivity contribution in [3.8, 4) is 0 Å². The number of nitrogens with one attached hydrogen (secondary N) is 1. The molecule has 0 aliphatic heterocycles. The molecule has 1 heterocycles. The number of fused-ring (bicyclic) bond motifs is 2. The number of aryl methyl sites for hydroxylation is 2. The maximum atomic E-state index is 12.9. The second kappa shape index (κ2) is 10.7. The number of nitro benzene ring substituents is 1. The summed E-state index contributed by atoms with van der Waals surface area (Å²) in [6.07, 6.45) is 5.12. The highest BCUT2D eigenvalue weighted by Crippen LogP contribution is 2.29. The van der Waals surface area contributed by atoms with Crippen LogP contribution in [0.2, 0.25) is 0 Å². The van der Waals surface area contributed by atoms with E-state index in [0.717, 1.165) is 36.3 Å².